The third-order valence-corrected chi connectivity index (χ3v) is 5.06. The molecule has 1 saturated heterocycles. The van der Waals surface area contributed by atoms with E-state index in [9.17, 15) is 14.7 Å². The van der Waals surface area contributed by atoms with Gasteiger partial charge in [0.05, 0.1) is 5.54 Å². The van der Waals surface area contributed by atoms with Gasteiger partial charge >= 0.3 is 5.97 Å². The third-order valence-electron chi connectivity index (χ3n) is 5.06. The lowest BCUT2D eigenvalue weighted by atomic mass is 9.75. The molecule has 1 saturated carbocycles. The van der Waals surface area contributed by atoms with Crippen LogP contribution in [0.5, 0.6) is 0 Å². The normalized spacial score (nSPS) is 38.5. The Morgan fingerprint density at radius 1 is 1.25 bits per heavy atom. The summed E-state index contributed by atoms with van der Waals surface area (Å²) in [6.07, 6.45) is 5.60. The van der Waals surface area contributed by atoms with E-state index in [-0.39, 0.29) is 5.91 Å². The predicted molar refractivity (Wildman–Crippen MR) is 76.2 cm³/mol. The molecule has 1 aliphatic carbocycles. The molecule has 3 unspecified atom stereocenters. The Balaban J connectivity index is 2.23. The van der Waals surface area contributed by atoms with E-state index in [4.69, 9.17) is 5.73 Å². The number of carboxylic acid groups (broad SMARTS) is 1. The van der Waals surface area contributed by atoms with E-state index in [0.717, 1.165) is 25.7 Å². The zero-order valence-corrected chi connectivity index (χ0v) is 12.5. The first kappa shape index (κ1) is 15.3. The maximum atomic E-state index is 12.9. The number of carboxylic acids is 1. The van der Waals surface area contributed by atoms with Crippen molar-refractivity contribution in [1.82, 2.24) is 4.90 Å². The van der Waals surface area contributed by atoms with E-state index < -0.39 is 17.0 Å². The van der Waals surface area contributed by atoms with Crippen molar-refractivity contribution >= 4 is 11.9 Å². The van der Waals surface area contributed by atoms with Crippen molar-refractivity contribution in [2.75, 3.05) is 6.54 Å². The van der Waals surface area contributed by atoms with Crippen molar-refractivity contribution in [1.29, 1.82) is 0 Å². The topological polar surface area (TPSA) is 83.6 Å². The zero-order chi connectivity index (χ0) is 15.0. The van der Waals surface area contributed by atoms with Crippen LogP contribution in [0.25, 0.3) is 0 Å². The highest BCUT2D eigenvalue weighted by atomic mass is 16.4. The Hall–Kier alpha value is -1.10. The lowest BCUT2D eigenvalue weighted by Gasteiger charge is -2.47. The molecule has 2 rings (SSSR count). The Labute approximate surface area is 120 Å². The number of nitrogens with zero attached hydrogens (tertiary/aromatic N) is 1. The number of hydrogen-bond acceptors (Lipinski definition) is 3. The van der Waals surface area contributed by atoms with Gasteiger partial charge in [-0.15, -0.1) is 0 Å². The van der Waals surface area contributed by atoms with Crippen molar-refractivity contribution in [2.24, 2.45) is 11.7 Å². The summed E-state index contributed by atoms with van der Waals surface area (Å²) in [6.45, 7) is 4.28. The molecular formula is C15H26N2O3. The van der Waals surface area contributed by atoms with Crippen molar-refractivity contribution in [3.63, 3.8) is 0 Å². The summed E-state index contributed by atoms with van der Waals surface area (Å²) in [6, 6.07) is 0. The molecule has 0 radical (unpaired) electrons. The van der Waals surface area contributed by atoms with E-state index in [1.54, 1.807) is 6.92 Å². The minimum absolute atomic E-state index is 0.159. The maximum Gasteiger partial charge on any atom is 0.329 e. The van der Waals surface area contributed by atoms with Gasteiger partial charge in [-0.3, -0.25) is 4.79 Å². The van der Waals surface area contributed by atoms with Gasteiger partial charge in [-0.25, -0.2) is 4.79 Å². The van der Waals surface area contributed by atoms with Crippen molar-refractivity contribution < 1.29 is 14.7 Å². The van der Waals surface area contributed by atoms with Crippen LogP contribution in [0.15, 0.2) is 0 Å². The SMILES string of the molecule is CC1CCCC(N)(C(=O)N2CCCCC2(C)C(=O)O)C1. The van der Waals surface area contributed by atoms with E-state index in [0.29, 0.717) is 31.7 Å². The Morgan fingerprint density at radius 3 is 2.55 bits per heavy atom. The first-order valence-corrected chi connectivity index (χ1v) is 7.64. The van der Waals surface area contributed by atoms with Crippen molar-refractivity contribution in [2.45, 2.75) is 69.9 Å². The molecule has 3 N–H and O–H groups in total. The molecule has 2 fully saturated rings. The molecule has 3 atom stereocenters. The highest BCUT2D eigenvalue weighted by molar-refractivity contribution is 5.92. The number of carbonyl (C=O) groups is 2. The highest BCUT2D eigenvalue weighted by Gasteiger charge is 2.49. The van der Waals surface area contributed by atoms with Crippen LogP contribution >= 0.6 is 0 Å². The molecule has 5 heteroatoms. The number of likely N-dealkylation sites (tertiary alicyclic amines) is 1. The molecule has 114 valence electrons. The molecule has 0 aromatic rings. The summed E-state index contributed by atoms with van der Waals surface area (Å²) in [7, 11) is 0. The van der Waals surface area contributed by atoms with E-state index >= 15 is 0 Å². The summed E-state index contributed by atoms with van der Waals surface area (Å²) < 4.78 is 0. The van der Waals surface area contributed by atoms with Gasteiger partial charge in [-0.2, -0.15) is 0 Å². The summed E-state index contributed by atoms with van der Waals surface area (Å²) in [5, 5.41) is 9.52. The first-order chi connectivity index (χ1) is 9.29. The molecule has 1 amide bonds. The summed E-state index contributed by atoms with van der Waals surface area (Å²) in [5.41, 5.74) is 4.40. The molecule has 0 bridgehead atoms. The summed E-state index contributed by atoms with van der Waals surface area (Å²) in [5.74, 6) is -0.648. The van der Waals surface area contributed by atoms with Gasteiger partial charge in [0.1, 0.15) is 5.54 Å². The zero-order valence-electron chi connectivity index (χ0n) is 12.5. The molecule has 0 aromatic carbocycles. The number of hydrogen-bond donors (Lipinski definition) is 2. The quantitative estimate of drug-likeness (QED) is 0.808. The van der Waals surface area contributed by atoms with Crippen LogP contribution in [0.3, 0.4) is 0 Å². The summed E-state index contributed by atoms with van der Waals surface area (Å²) >= 11 is 0. The highest BCUT2D eigenvalue weighted by Crippen LogP contribution is 2.36. The van der Waals surface area contributed by atoms with Crippen LogP contribution in [0.2, 0.25) is 0 Å². The molecule has 1 heterocycles. The fourth-order valence-corrected chi connectivity index (χ4v) is 3.72. The average molecular weight is 282 g/mol. The number of aliphatic carboxylic acids is 1. The fraction of sp³-hybridized carbons (Fsp3) is 0.867. The second-order valence-electron chi connectivity index (χ2n) is 6.85. The number of carbonyl (C=O) groups excluding carboxylic acids is 1. The monoisotopic (exact) mass is 282 g/mol. The van der Waals surface area contributed by atoms with Crippen LogP contribution in [0, 0.1) is 5.92 Å². The van der Waals surface area contributed by atoms with Gasteiger partial charge in [0, 0.05) is 6.54 Å². The Kier molecular flexibility index (Phi) is 4.09. The molecule has 1 aliphatic heterocycles. The van der Waals surface area contributed by atoms with Gasteiger partial charge in [0.25, 0.3) is 0 Å². The van der Waals surface area contributed by atoms with Crippen LogP contribution in [-0.4, -0.2) is 39.5 Å². The van der Waals surface area contributed by atoms with E-state index in [1.165, 1.54) is 4.90 Å². The van der Waals surface area contributed by atoms with Crippen LogP contribution in [-0.2, 0) is 9.59 Å². The van der Waals surface area contributed by atoms with Gasteiger partial charge in [0.15, 0.2) is 0 Å². The minimum Gasteiger partial charge on any atom is -0.480 e. The predicted octanol–water partition coefficient (Wildman–Crippen LogP) is 1.75. The number of piperidine rings is 1. The number of rotatable bonds is 2. The van der Waals surface area contributed by atoms with E-state index in [1.807, 2.05) is 0 Å². The Morgan fingerprint density at radius 2 is 1.95 bits per heavy atom. The smallest absolute Gasteiger partial charge is 0.329 e. The second kappa shape index (κ2) is 5.35. The fourth-order valence-electron chi connectivity index (χ4n) is 3.72. The van der Waals surface area contributed by atoms with Gasteiger partial charge in [-0.05, 0) is 44.9 Å². The van der Waals surface area contributed by atoms with Gasteiger partial charge < -0.3 is 15.7 Å². The number of nitrogens with two attached hydrogens (primary N) is 1. The molecule has 0 spiro atoms. The van der Waals surface area contributed by atoms with E-state index in [2.05, 4.69) is 6.92 Å². The largest absolute Gasteiger partial charge is 0.480 e. The number of amides is 1. The van der Waals surface area contributed by atoms with Crippen LogP contribution in [0.1, 0.15) is 58.8 Å². The third kappa shape index (κ3) is 2.55. The molecule has 0 aromatic heterocycles. The van der Waals surface area contributed by atoms with Crippen LogP contribution in [0.4, 0.5) is 0 Å². The molecule has 20 heavy (non-hydrogen) atoms. The molecule has 5 nitrogen and oxygen atoms in total. The maximum absolute atomic E-state index is 12.9. The second-order valence-corrected chi connectivity index (χ2v) is 6.85. The molecular weight excluding hydrogens is 256 g/mol. The average Bonchev–Trinajstić information content (AvgIpc) is 2.38. The lowest BCUT2D eigenvalue weighted by Crippen LogP contribution is -2.66. The summed E-state index contributed by atoms with van der Waals surface area (Å²) in [4.78, 5) is 26.0. The Bertz CT molecular complexity index is 412. The minimum atomic E-state index is -1.09. The van der Waals surface area contributed by atoms with Gasteiger partial charge in [0.2, 0.25) is 5.91 Å². The van der Waals surface area contributed by atoms with Gasteiger partial charge in [-0.1, -0.05) is 19.8 Å². The van der Waals surface area contributed by atoms with Crippen LogP contribution < -0.4 is 5.73 Å². The van der Waals surface area contributed by atoms with Crippen molar-refractivity contribution in [3.8, 4) is 0 Å². The first-order valence-electron chi connectivity index (χ1n) is 7.64. The van der Waals surface area contributed by atoms with Crippen molar-refractivity contribution in [3.05, 3.63) is 0 Å². The molecule has 2 aliphatic rings. The standard InChI is InChI=1S/C15H26N2O3/c1-11-6-5-8-15(16,10-11)12(18)17-9-4-3-7-14(17,2)13(19)20/h11H,3-10,16H2,1-2H3,(H,19,20). The lowest BCUT2D eigenvalue weighted by molar-refractivity contribution is -0.164.